The molecule has 3 heterocycles. The summed E-state index contributed by atoms with van der Waals surface area (Å²) in [6, 6.07) is 0. The third kappa shape index (κ3) is 6.04. The van der Waals surface area contributed by atoms with Crippen molar-refractivity contribution in [1.29, 1.82) is 0 Å². The van der Waals surface area contributed by atoms with Crippen LogP contribution in [0.15, 0.2) is 12.2 Å². The summed E-state index contributed by atoms with van der Waals surface area (Å²) in [5.74, 6) is 1.33. The van der Waals surface area contributed by atoms with Gasteiger partial charge in [-0.3, -0.25) is 4.90 Å². The molecule has 0 atom stereocenters. The molecule has 5 aliphatic rings. The van der Waals surface area contributed by atoms with Crippen LogP contribution in [0.1, 0.15) is 0 Å². The maximum atomic E-state index is 4.27. The Morgan fingerprint density at radius 2 is 1.30 bits per heavy atom. The molecule has 0 aromatic heterocycles. The van der Waals surface area contributed by atoms with Gasteiger partial charge >= 0.3 is 0 Å². The molecule has 5 rings (SSSR count). The molecule has 2 nitrogen and oxygen atoms in total. The summed E-state index contributed by atoms with van der Waals surface area (Å²) in [7, 11) is 0. The van der Waals surface area contributed by atoms with Crippen LogP contribution in [-0.4, -0.2) is 55.2 Å². The molecule has 0 N–H and O–H groups in total. The van der Waals surface area contributed by atoms with Gasteiger partial charge in [0.05, 0.1) is 19.6 Å². The Morgan fingerprint density at radius 3 is 1.74 bits per heavy atom. The molecule has 2 saturated carbocycles. The van der Waals surface area contributed by atoms with Gasteiger partial charge in [0.15, 0.2) is 0 Å². The van der Waals surface area contributed by atoms with Crippen LogP contribution in [0.3, 0.4) is 0 Å². The van der Waals surface area contributed by atoms with E-state index in [0.717, 1.165) is 6.54 Å². The molecule has 0 amide bonds. The molecule has 4 heteroatoms. The van der Waals surface area contributed by atoms with E-state index in [-0.39, 0.29) is 29.5 Å². The van der Waals surface area contributed by atoms with Gasteiger partial charge < -0.3 is 16.9 Å². The number of piperazine rings is 3. The number of rotatable bonds is 3. The molecule has 0 aromatic rings. The number of hydrogen-bond donors (Lipinski definition) is 0. The largest absolute Gasteiger partial charge is 1.00 e. The van der Waals surface area contributed by atoms with E-state index in [2.05, 4.69) is 37.2 Å². The van der Waals surface area contributed by atoms with Crippen LogP contribution in [-0.2, 0) is 17.1 Å². The molecule has 10 radical (unpaired) electrons. The van der Waals surface area contributed by atoms with Crippen LogP contribution in [0.5, 0.6) is 0 Å². The van der Waals surface area contributed by atoms with E-state index >= 15 is 0 Å². The second-order valence-corrected chi connectivity index (χ2v) is 6.25. The van der Waals surface area contributed by atoms with E-state index in [1.807, 2.05) is 32.1 Å². The first-order valence-electron chi connectivity index (χ1n) is 7.91. The molecule has 126 valence electrons. The van der Waals surface area contributed by atoms with Crippen LogP contribution >= 0.6 is 0 Å². The summed E-state index contributed by atoms with van der Waals surface area (Å²) in [4.78, 5) is 2.59. The quantitative estimate of drug-likeness (QED) is 0.459. The zero-order chi connectivity index (χ0) is 14.5. The summed E-state index contributed by atoms with van der Waals surface area (Å²) in [6.45, 7) is 13.2. The summed E-state index contributed by atoms with van der Waals surface area (Å²) in [6.07, 6.45) is 18.6. The van der Waals surface area contributed by atoms with E-state index in [1.165, 1.54) is 55.2 Å². The average molecular weight is 373 g/mol. The maximum Gasteiger partial charge on any atom is 0.101 e. The monoisotopic (exact) mass is 372 g/mol. The fraction of sp³-hybridized carbons (Fsp3) is 0.368. The van der Waals surface area contributed by atoms with E-state index in [0.29, 0.717) is 0 Å². The van der Waals surface area contributed by atoms with Gasteiger partial charge in [-0.1, -0.05) is 6.58 Å². The van der Waals surface area contributed by atoms with Crippen molar-refractivity contribution < 1.29 is 34.0 Å². The van der Waals surface area contributed by atoms with Gasteiger partial charge in [0, 0.05) is 42.6 Å². The minimum absolute atomic E-state index is 0. The van der Waals surface area contributed by atoms with E-state index < -0.39 is 0 Å². The van der Waals surface area contributed by atoms with Crippen LogP contribution in [0.2, 0.25) is 0 Å². The molecule has 23 heavy (non-hydrogen) atoms. The summed E-state index contributed by atoms with van der Waals surface area (Å²) in [5, 5.41) is 0. The topological polar surface area (TPSA) is 3.24 Å². The molecule has 3 saturated heterocycles. The zero-order valence-corrected chi connectivity index (χ0v) is 15.3. The van der Waals surface area contributed by atoms with Crippen molar-refractivity contribution in [2.75, 3.05) is 45.8 Å². The second-order valence-electron chi connectivity index (χ2n) is 6.25. The molecular weight excluding hydrogens is 348 g/mol. The summed E-state index contributed by atoms with van der Waals surface area (Å²) in [5.41, 5.74) is 1.32. The molecule has 5 fully saturated rings. The minimum atomic E-state index is 0. The zero-order valence-electron chi connectivity index (χ0n) is 13.5. The Labute approximate surface area is 160 Å². The van der Waals surface area contributed by atoms with Crippen LogP contribution in [0.25, 0.3) is 0 Å². The van der Waals surface area contributed by atoms with Gasteiger partial charge in [-0.25, -0.2) is 0 Å². The third-order valence-corrected chi connectivity index (χ3v) is 4.82. The predicted molar refractivity (Wildman–Crippen MR) is 87.3 cm³/mol. The van der Waals surface area contributed by atoms with Gasteiger partial charge in [0.2, 0.25) is 0 Å². The van der Waals surface area contributed by atoms with Crippen LogP contribution in [0.4, 0.5) is 0 Å². The number of halogens is 1. The van der Waals surface area contributed by atoms with Crippen molar-refractivity contribution in [2.24, 2.45) is 0 Å². The molecule has 0 aromatic carbocycles. The van der Waals surface area contributed by atoms with Crippen molar-refractivity contribution >= 4 is 0 Å². The fourth-order valence-corrected chi connectivity index (χ4v) is 3.40. The Hall–Kier alpha value is 0.469. The predicted octanol–water partition coefficient (Wildman–Crippen LogP) is -0.883. The number of quaternary nitrogens is 1. The van der Waals surface area contributed by atoms with E-state index in [4.69, 9.17) is 0 Å². The molecule has 2 aliphatic carbocycles. The number of fused-ring (bicyclic) bond motifs is 3. The van der Waals surface area contributed by atoms with E-state index in [9.17, 15) is 0 Å². The van der Waals surface area contributed by atoms with Gasteiger partial charge in [-0.2, -0.15) is 0 Å². The fourth-order valence-electron chi connectivity index (χ4n) is 3.40. The van der Waals surface area contributed by atoms with Crippen LogP contribution < -0.4 is 12.4 Å². The Bertz CT molecular complexity index is 322. The first-order chi connectivity index (χ1) is 10.3. The molecule has 0 spiro atoms. The van der Waals surface area contributed by atoms with Gasteiger partial charge in [-0.15, -0.1) is 0 Å². The Morgan fingerprint density at radius 1 is 0.870 bits per heavy atom. The first kappa shape index (κ1) is 21.5. The smallest absolute Gasteiger partial charge is 0.101 e. The molecular formula is C19H25ClFeN2. The number of hydrogen-bond acceptors (Lipinski definition) is 1. The van der Waals surface area contributed by atoms with Crippen LogP contribution in [0, 0.1) is 63.7 Å². The maximum absolute atomic E-state index is 4.27. The van der Waals surface area contributed by atoms with Gasteiger partial charge in [0.25, 0.3) is 0 Å². The third-order valence-electron chi connectivity index (χ3n) is 4.82. The molecule has 0 unspecified atom stereocenters. The standard InChI is InChI=1S/C14H20N2.C5H5.ClH.Fe/c1-13(14-4-2-3-5-14)12-16-9-6-15(7-10-16)8-11-16;1-2-4-5-3-1;;/h2-5H,1,6-12H2;1-5H;1H;/q+1;;;/p-1. The normalized spacial score (nSPS) is 32.4. The van der Waals surface area contributed by atoms with Gasteiger partial charge in [0.1, 0.15) is 6.54 Å². The molecule has 2 bridgehead atoms. The second kappa shape index (κ2) is 10.5. The van der Waals surface area contributed by atoms with Crippen molar-refractivity contribution in [2.45, 2.75) is 0 Å². The average Bonchev–Trinajstić information content (AvgIpc) is 3.25. The molecule has 3 aliphatic heterocycles. The Kier molecular flexibility index (Phi) is 9.78. The summed E-state index contributed by atoms with van der Waals surface area (Å²) >= 11 is 0. The summed E-state index contributed by atoms with van der Waals surface area (Å²) < 4.78 is 1.28. The van der Waals surface area contributed by atoms with E-state index in [1.54, 1.807) is 0 Å². The van der Waals surface area contributed by atoms with Crippen molar-refractivity contribution in [1.82, 2.24) is 4.90 Å². The number of nitrogens with zero attached hydrogens (tertiary/aromatic N) is 2. The van der Waals surface area contributed by atoms with Crippen molar-refractivity contribution in [3.05, 3.63) is 75.9 Å². The van der Waals surface area contributed by atoms with Crippen molar-refractivity contribution in [3.8, 4) is 0 Å². The van der Waals surface area contributed by atoms with Crippen molar-refractivity contribution in [3.63, 3.8) is 0 Å². The first-order valence-corrected chi connectivity index (χ1v) is 7.91. The Balaban J connectivity index is 0.000000328. The SMILES string of the molecule is C=C(C[N+]12CCN(CC1)CC2)[C]1[CH][CH][CH][CH]1.[CH]1[CH][CH][CH][CH]1.[Cl-].[Fe]. The van der Waals surface area contributed by atoms with Gasteiger partial charge in [-0.05, 0) is 63.4 Å². The minimum Gasteiger partial charge on any atom is -1.00 e.